The maximum Gasteiger partial charge on any atom is 0.358 e. The fourth-order valence-corrected chi connectivity index (χ4v) is 1.88. The van der Waals surface area contributed by atoms with Crippen LogP contribution in [0.5, 0.6) is 0 Å². The molecule has 1 aliphatic rings. The Morgan fingerprint density at radius 3 is 2.47 bits per heavy atom. The van der Waals surface area contributed by atoms with E-state index in [0.29, 0.717) is 0 Å². The van der Waals surface area contributed by atoms with Crippen LogP contribution in [0.1, 0.15) is 28.3 Å². The quantitative estimate of drug-likeness (QED) is 0.377. The molecule has 17 heavy (non-hydrogen) atoms. The van der Waals surface area contributed by atoms with Crippen molar-refractivity contribution in [2.24, 2.45) is 0 Å². The van der Waals surface area contributed by atoms with Gasteiger partial charge in [-0.1, -0.05) is 5.21 Å². The first-order valence-corrected chi connectivity index (χ1v) is 4.82. The number of carboxylic acid groups (broad SMARTS) is 1. The van der Waals surface area contributed by atoms with Crippen molar-refractivity contribution in [2.75, 3.05) is 6.61 Å². The van der Waals surface area contributed by atoms with Crippen LogP contribution in [0.4, 0.5) is 0 Å². The summed E-state index contributed by atoms with van der Waals surface area (Å²) in [5, 5.41) is 53.5. The number of aliphatic hydroxyl groups excluding tert-OH is 4. The predicted octanol–water partition coefficient (Wildman–Crippen LogP) is -2.72. The largest absolute Gasteiger partial charge is 0.476 e. The number of aromatic nitrogens is 3. The Kier molecular flexibility index (Phi) is 2.83. The molecule has 0 fully saturated rings. The lowest BCUT2D eigenvalue weighted by Gasteiger charge is -2.34. The molecule has 9 nitrogen and oxygen atoms in total. The first kappa shape index (κ1) is 11.9. The highest BCUT2D eigenvalue weighted by Gasteiger charge is 2.44. The lowest BCUT2D eigenvalue weighted by molar-refractivity contribution is -0.110. The van der Waals surface area contributed by atoms with E-state index in [0.717, 1.165) is 4.68 Å². The molecule has 0 saturated carbocycles. The lowest BCUT2D eigenvalue weighted by atomic mass is 9.93. The van der Waals surface area contributed by atoms with Gasteiger partial charge in [0.2, 0.25) is 0 Å². The van der Waals surface area contributed by atoms with E-state index in [9.17, 15) is 20.1 Å². The number of carbonyl (C=O) groups is 1. The van der Waals surface area contributed by atoms with Crippen molar-refractivity contribution in [1.82, 2.24) is 15.0 Å². The number of carboxylic acids is 1. The maximum atomic E-state index is 10.8. The Balaban J connectivity index is 2.57. The molecule has 0 spiro atoms. The fourth-order valence-electron chi connectivity index (χ4n) is 1.88. The van der Waals surface area contributed by atoms with Crippen molar-refractivity contribution in [1.29, 1.82) is 0 Å². The van der Waals surface area contributed by atoms with Crippen molar-refractivity contribution in [3.63, 3.8) is 0 Å². The van der Waals surface area contributed by atoms with Gasteiger partial charge >= 0.3 is 5.97 Å². The Morgan fingerprint density at radius 2 is 1.94 bits per heavy atom. The highest BCUT2D eigenvalue weighted by Crippen LogP contribution is 2.33. The van der Waals surface area contributed by atoms with E-state index in [2.05, 4.69) is 10.3 Å². The molecule has 1 aromatic heterocycles. The van der Waals surface area contributed by atoms with Gasteiger partial charge in [0.05, 0.1) is 6.61 Å². The highest BCUT2D eigenvalue weighted by atomic mass is 16.4. The number of aromatic carboxylic acids is 1. The SMILES string of the molecule is O=C(O)c1nnn2c1[C@H](O)[C@@H](O)[C@H](O)[C@H]2CO. The second-order valence-corrected chi connectivity index (χ2v) is 3.75. The third kappa shape index (κ3) is 1.60. The number of nitrogens with zero attached hydrogens (tertiary/aromatic N) is 3. The zero-order valence-corrected chi connectivity index (χ0v) is 8.50. The first-order chi connectivity index (χ1) is 7.99. The average Bonchev–Trinajstić information content (AvgIpc) is 2.71. The molecule has 0 unspecified atom stereocenters. The van der Waals surface area contributed by atoms with Gasteiger partial charge in [-0.15, -0.1) is 5.10 Å². The van der Waals surface area contributed by atoms with Crippen molar-refractivity contribution >= 4 is 5.97 Å². The molecule has 0 aromatic carbocycles. The summed E-state index contributed by atoms with van der Waals surface area (Å²) in [4.78, 5) is 10.8. The molecule has 0 radical (unpaired) electrons. The summed E-state index contributed by atoms with van der Waals surface area (Å²) < 4.78 is 0.922. The third-order valence-electron chi connectivity index (χ3n) is 2.78. The fraction of sp³-hybridized carbons (Fsp3) is 0.625. The van der Waals surface area contributed by atoms with E-state index in [1.165, 1.54) is 0 Å². The van der Waals surface area contributed by atoms with Crippen LogP contribution in [0.25, 0.3) is 0 Å². The van der Waals surface area contributed by atoms with Crippen molar-refractivity contribution in [2.45, 2.75) is 24.4 Å². The topological polar surface area (TPSA) is 149 Å². The standard InChI is InChI=1S/C8H11N3O6/c12-1-2-5(13)7(15)6(14)4-3(8(16)17)9-10-11(2)4/h2,5-7,12-15H,1H2,(H,16,17)/t2-,5-,6+,7+/m1/s1. The molecule has 0 saturated heterocycles. The van der Waals surface area contributed by atoms with Gasteiger partial charge < -0.3 is 25.5 Å². The molecule has 94 valence electrons. The molecule has 1 aliphatic heterocycles. The second kappa shape index (κ2) is 4.04. The van der Waals surface area contributed by atoms with E-state index in [4.69, 9.17) is 10.2 Å². The summed E-state index contributed by atoms with van der Waals surface area (Å²) in [5.41, 5.74) is -0.740. The Hall–Kier alpha value is -1.55. The van der Waals surface area contributed by atoms with Gasteiger partial charge in [-0.05, 0) is 0 Å². The molecule has 9 heteroatoms. The number of hydrogen-bond acceptors (Lipinski definition) is 7. The van der Waals surface area contributed by atoms with E-state index >= 15 is 0 Å². The number of rotatable bonds is 2. The van der Waals surface area contributed by atoms with Crippen LogP contribution in [0.3, 0.4) is 0 Å². The molecule has 2 rings (SSSR count). The van der Waals surface area contributed by atoms with Gasteiger partial charge in [0.1, 0.15) is 30.0 Å². The molecule has 2 heterocycles. The summed E-state index contributed by atoms with van der Waals surface area (Å²) in [7, 11) is 0. The molecular formula is C8H11N3O6. The second-order valence-electron chi connectivity index (χ2n) is 3.75. The Labute approximate surface area is 94.5 Å². The van der Waals surface area contributed by atoms with E-state index in [-0.39, 0.29) is 5.69 Å². The molecule has 5 N–H and O–H groups in total. The van der Waals surface area contributed by atoms with Crippen LogP contribution < -0.4 is 0 Å². The van der Waals surface area contributed by atoms with Crippen LogP contribution in [0.2, 0.25) is 0 Å². The highest BCUT2D eigenvalue weighted by molar-refractivity contribution is 5.86. The van der Waals surface area contributed by atoms with Gasteiger partial charge in [-0.2, -0.15) is 0 Å². The van der Waals surface area contributed by atoms with E-state index in [1.54, 1.807) is 0 Å². The summed E-state index contributed by atoms with van der Waals surface area (Å²) in [5.74, 6) is -1.41. The Bertz CT molecular complexity index is 446. The zero-order valence-electron chi connectivity index (χ0n) is 8.50. The minimum Gasteiger partial charge on any atom is -0.476 e. The van der Waals surface area contributed by atoms with Gasteiger partial charge in [-0.25, -0.2) is 9.48 Å². The summed E-state index contributed by atoms with van der Waals surface area (Å²) in [6.07, 6.45) is -4.67. The van der Waals surface area contributed by atoms with E-state index < -0.39 is 42.6 Å². The summed E-state index contributed by atoms with van der Waals surface area (Å²) in [6, 6.07) is -1.04. The van der Waals surface area contributed by atoms with E-state index in [1.807, 2.05) is 0 Å². The first-order valence-electron chi connectivity index (χ1n) is 4.82. The van der Waals surface area contributed by atoms with Crippen LogP contribution >= 0.6 is 0 Å². The van der Waals surface area contributed by atoms with Crippen LogP contribution in [-0.4, -0.2) is 65.3 Å². The predicted molar refractivity (Wildman–Crippen MR) is 50.1 cm³/mol. The minimum absolute atomic E-state index is 0.227. The Morgan fingerprint density at radius 1 is 1.29 bits per heavy atom. The lowest BCUT2D eigenvalue weighted by Crippen LogP contribution is -2.47. The van der Waals surface area contributed by atoms with Crippen LogP contribution in [0, 0.1) is 0 Å². The summed E-state index contributed by atoms with van der Waals surface area (Å²) in [6.45, 7) is -0.569. The molecule has 0 bridgehead atoms. The number of aliphatic hydroxyl groups is 4. The van der Waals surface area contributed by atoms with Gasteiger partial charge in [0.25, 0.3) is 0 Å². The summed E-state index contributed by atoms with van der Waals surface area (Å²) >= 11 is 0. The monoisotopic (exact) mass is 245 g/mol. The third-order valence-corrected chi connectivity index (χ3v) is 2.78. The minimum atomic E-state index is -1.62. The van der Waals surface area contributed by atoms with Crippen LogP contribution in [-0.2, 0) is 0 Å². The smallest absolute Gasteiger partial charge is 0.358 e. The van der Waals surface area contributed by atoms with Gasteiger partial charge in [-0.3, -0.25) is 0 Å². The van der Waals surface area contributed by atoms with Crippen molar-refractivity contribution in [3.05, 3.63) is 11.4 Å². The molecule has 4 atom stereocenters. The average molecular weight is 245 g/mol. The molecule has 0 aliphatic carbocycles. The number of fused-ring (bicyclic) bond motifs is 1. The molecular weight excluding hydrogens is 234 g/mol. The zero-order chi connectivity index (χ0) is 12.7. The van der Waals surface area contributed by atoms with Gasteiger partial charge in [0, 0.05) is 0 Å². The normalized spacial score (nSPS) is 32.2. The molecule has 1 aromatic rings. The van der Waals surface area contributed by atoms with Gasteiger partial charge in [0.15, 0.2) is 5.69 Å². The number of hydrogen-bond donors (Lipinski definition) is 5. The van der Waals surface area contributed by atoms with Crippen molar-refractivity contribution in [3.8, 4) is 0 Å². The molecule has 0 amide bonds. The van der Waals surface area contributed by atoms with Crippen LogP contribution in [0.15, 0.2) is 0 Å². The van der Waals surface area contributed by atoms with Crippen molar-refractivity contribution < 1.29 is 30.3 Å². The maximum absolute atomic E-state index is 10.8.